The zero-order valence-corrected chi connectivity index (χ0v) is 15.2. The number of rotatable bonds is 3. The van der Waals surface area contributed by atoms with Crippen molar-refractivity contribution in [2.75, 3.05) is 31.1 Å². The molecule has 8 nitrogen and oxygen atoms in total. The summed E-state index contributed by atoms with van der Waals surface area (Å²) in [5.74, 6) is 1.92. The minimum absolute atomic E-state index is 0.145. The van der Waals surface area contributed by atoms with Crippen molar-refractivity contribution >= 4 is 11.9 Å². The van der Waals surface area contributed by atoms with Crippen LogP contribution in [0.4, 0.5) is 5.95 Å². The summed E-state index contributed by atoms with van der Waals surface area (Å²) in [7, 11) is 1.85. The Labute approximate surface area is 153 Å². The van der Waals surface area contributed by atoms with E-state index < -0.39 is 0 Å². The first-order valence-corrected chi connectivity index (χ1v) is 9.43. The molecule has 0 saturated carbocycles. The molecule has 26 heavy (non-hydrogen) atoms. The average molecular weight is 355 g/mol. The molecule has 0 radical (unpaired) electrons. The van der Waals surface area contributed by atoms with Gasteiger partial charge in [0.2, 0.25) is 11.9 Å². The van der Waals surface area contributed by atoms with Crippen LogP contribution in [0.15, 0.2) is 18.6 Å². The minimum Gasteiger partial charge on any atom is -0.342 e. The summed E-state index contributed by atoms with van der Waals surface area (Å²) in [6, 6.07) is 1.85. The fourth-order valence-electron chi connectivity index (χ4n) is 3.85. The van der Waals surface area contributed by atoms with E-state index in [1.165, 1.54) is 12.7 Å². The van der Waals surface area contributed by atoms with E-state index in [-0.39, 0.29) is 5.92 Å². The molecular formula is C18H25N7O. The number of likely N-dealkylation sites (tertiary alicyclic amines) is 1. The topological polar surface area (TPSA) is 80.0 Å². The van der Waals surface area contributed by atoms with E-state index in [0.29, 0.717) is 11.9 Å². The molecule has 0 N–H and O–H groups in total. The molecule has 2 aromatic heterocycles. The summed E-state index contributed by atoms with van der Waals surface area (Å²) >= 11 is 0. The van der Waals surface area contributed by atoms with Crippen LogP contribution < -0.4 is 4.90 Å². The predicted molar refractivity (Wildman–Crippen MR) is 97.4 cm³/mol. The molecule has 0 unspecified atom stereocenters. The van der Waals surface area contributed by atoms with Crippen molar-refractivity contribution in [3.8, 4) is 11.5 Å². The second-order valence-corrected chi connectivity index (χ2v) is 7.10. The van der Waals surface area contributed by atoms with Crippen LogP contribution in [0.2, 0.25) is 0 Å². The maximum absolute atomic E-state index is 12.7. The van der Waals surface area contributed by atoms with Gasteiger partial charge in [0, 0.05) is 45.3 Å². The summed E-state index contributed by atoms with van der Waals surface area (Å²) in [5.41, 5.74) is 0.765. The summed E-state index contributed by atoms with van der Waals surface area (Å²) in [4.78, 5) is 30.3. The quantitative estimate of drug-likeness (QED) is 0.830. The molecule has 2 aliphatic rings. The molecule has 8 heteroatoms. The van der Waals surface area contributed by atoms with Crippen molar-refractivity contribution in [2.24, 2.45) is 13.0 Å². The third-order valence-electron chi connectivity index (χ3n) is 5.38. The largest absolute Gasteiger partial charge is 0.342 e. The molecule has 2 fully saturated rings. The van der Waals surface area contributed by atoms with Gasteiger partial charge in [0.1, 0.15) is 12.0 Å². The Hall–Kier alpha value is -2.51. The van der Waals surface area contributed by atoms with Crippen molar-refractivity contribution in [3.63, 3.8) is 0 Å². The van der Waals surface area contributed by atoms with Crippen LogP contribution in [0.25, 0.3) is 11.5 Å². The smallest absolute Gasteiger partial charge is 0.225 e. The normalized spacial score (nSPS) is 19.0. The Kier molecular flexibility index (Phi) is 4.81. The van der Waals surface area contributed by atoms with E-state index in [1.54, 1.807) is 10.9 Å². The number of aromatic nitrogens is 5. The third kappa shape index (κ3) is 3.40. The second-order valence-electron chi connectivity index (χ2n) is 7.10. The van der Waals surface area contributed by atoms with Crippen LogP contribution in [0.5, 0.6) is 0 Å². The van der Waals surface area contributed by atoms with Gasteiger partial charge in [-0.15, -0.1) is 0 Å². The van der Waals surface area contributed by atoms with Crippen LogP contribution in [-0.2, 0) is 11.8 Å². The van der Waals surface area contributed by atoms with E-state index in [0.717, 1.165) is 63.4 Å². The lowest BCUT2D eigenvalue weighted by Crippen LogP contribution is -2.44. The van der Waals surface area contributed by atoms with Gasteiger partial charge in [0.05, 0.1) is 0 Å². The van der Waals surface area contributed by atoms with Gasteiger partial charge >= 0.3 is 0 Å². The molecule has 4 heterocycles. The van der Waals surface area contributed by atoms with Crippen LogP contribution in [0.1, 0.15) is 32.1 Å². The summed E-state index contributed by atoms with van der Waals surface area (Å²) in [6.07, 6.45) is 8.56. The number of carbonyl (C=O) groups excluding carboxylic acids is 1. The lowest BCUT2D eigenvalue weighted by atomic mass is 9.94. The van der Waals surface area contributed by atoms with E-state index in [2.05, 4.69) is 29.9 Å². The zero-order valence-electron chi connectivity index (χ0n) is 15.2. The number of aryl methyl sites for hydroxylation is 1. The second kappa shape index (κ2) is 7.39. The summed E-state index contributed by atoms with van der Waals surface area (Å²) in [6.45, 7) is 3.49. The van der Waals surface area contributed by atoms with E-state index in [4.69, 9.17) is 0 Å². The highest BCUT2D eigenvalue weighted by Crippen LogP contribution is 2.25. The molecule has 0 aliphatic carbocycles. The highest BCUT2D eigenvalue weighted by Gasteiger charge is 2.30. The lowest BCUT2D eigenvalue weighted by Gasteiger charge is -2.35. The monoisotopic (exact) mass is 355 g/mol. The number of nitrogens with zero attached hydrogens (tertiary/aromatic N) is 7. The van der Waals surface area contributed by atoms with Crippen molar-refractivity contribution in [2.45, 2.75) is 32.1 Å². The van der Waals surface area contributed by atoms with Crippen LogP contribution in [-0.4, -0.2) is 61.7 Å². The van der Waals surface area contributed by atoms with Gasteiger partial charge in [-0.05, 0) is 38.2 Å². The fourth-order valence-corrected chi connectivity index (χ4v) is 3.85. The maximum Gasteiger partial charge on any atom is 0.225 e. The molecule has 0 atom stereocenters. The van der Waals surface area contributed by atoms with Gasteiger partial charge in [-0.25, -0.2) is 19.6 Å². The Morgan fingerprint density at radius 2 is 1.85 bits per heavy atom. The number of anilines is 1. The first-order valence-electron chi connectivity index (χ1n) is 9.43. The van der Waals surface area contributed by atoms with Crippen LogP contribution >= 0.6 is 0 Å². The number of hydrogen-bond donors (Lipinski definition) is 0. The zero-order chi connectivity index (χ0) is 17.9. The van der Waals surface area contributed by atoms with Gasteiger partial charge in [0.25, 0.3) is 0 Å². The Bertz CT molecular complexity index is 760. The minimum atomic E-state index is 0.145. The van der Waals surface area contributed by atoms with E-state index >= 15 is 0 Å². The highest BCUT2D eigenvalue weighted by molar-refractivity contribution is 5.79. The predicted octanol–water partition coefficient (Wildman–Crippen LogP) is 1.50. The highest BCUT2D eigenvalue weighted by atomic mass is 16.2. The Balaban J connectivity index is 1.40. The molecule has 0 bridgehead atoms. The molecule has 1 amide bonds. The number of piperidine rings is 2. The van der Waals surface area contributed by atoms with Gasteiger partial charge in [-0.2, -0.15) is 5.10 Å². The molecule has 4 rings (SSSR count). The maximum atomic E-state index is 12.7. The first-order chi connectivity index (χ1) is 12.7. The SMILES string of the molecule is Cn1ncnc1-c1ccnc(N2CCC(C(=O)N3CCCCC3)CC2)n1. The standard InChI is InChI=1S/C18H25N7O/c1-23-16(20-13-21-23)15-5-8-19-18(22-15)25-11-6-14(7-12-25)17(26)24-9-3-2-4-10-24/h5,8,13-14H,2-4,6-7,9-12H2,1H3. The molecule has 0 spiro atoms. The molecule has 0 aromatic carbocycles. The average Bonchev–Trinajstić information content (AvgIpc) is 3.14. The van der Waals surface area contributed by atoms with Crippen molar-refractivity contribution < 1.29 is 4.79 Å². The van der Waals surface area contributed by atoms with Crippen molar-refractivity contribution in [1.29, 1.82) is 0 Å². The third-order valence-corrected chi connectivity index (χ3v) is 5.38. The van der Waals surface area contributed by atoms with Gasteiger partial charge in [-0.3, -0.25) is 4.79 Å². The molecule has 2 aromatic rings. The number of hydrogen-bond acceptors (Lipinski definition) is 6. The van der Waals surface area contributed by atoms with Gasteiger partial charge < -0.3 is 9.80 Å². The number of amides is 1. The van der Waals surface area contributed by atoms with Gasteiger partial charge in [-0.1, -0.05) is 0 Å². The molecule has 2 saturated heterocycles. The molecule has 138 valence electrons. The van der Waals surface area contributed by atoms with E-state index in [1.807, 2.05) is 13.1 Å². The van der Waals surface area contributed by atoms with Crippen molar-refractivity contribution in [1.82, 2.24) is 29.6 Å². The van der Waals surface area contributed by atoms with Gasteiger partial charge in [0.15, 0.2) is 5.82 Å². The first kappa shape index (κ1) is 16.9. The molecule has 2 aliphatic heterocycles. The van der Waals surface area contributed by atoms with Crippen molar-refractivity contribution in [3.05, 3.63) is 18.6 Å². The summed E-state index contributed by atoms with van der Waals surface area (Å²) < 4.78 is 1.70. The molecular weight excluding hydrogens is 330 g/mol. The van der Waals surface area contributed by atoms with Crippen LogP contribution in [0.3, 0.4) is 0 Å². The Morgan fingerprint density at radius 1 is 1.08 bits per heavy atom. The summed E-state index contributed by atoms with van der Waals surface area (Å²) in [5, 5.41) is 4.10. The van der Waals surface area contributed by atoms with Crippen LogP contribution in [0, 0.1) is 5.92 Å². The fraction of sp³-hybridized carbons (Fsp3) is 0.611. The Morgan fingerprint density at radius 3 is 2.54 bits per heavy atom. The number of carbonyl (C=O) groups is 1. The van der Waals surface area contributed by atoms with E-state index in [9.17, 15) is 4.79 Å². The lowest BCUT2D eigenvalue weighted by molar-refractivity contribution is -0.137.